The van der Waals surface area contributed by atoms with E-state index in [0.29, 0.717) is 0 Å². The lowest BCUT2D eigenvalue weighted by Gasteiger charge is -2.19. The smallest absolute Gasteiger partial charge is 0.157 e. The third-order valence-electron chi connectivity index (χ3n) is 3.15. The fourth-order valence-corrected chi connectivity index (χ4v) is 2.31. The summed E-state index contributed by atoms with van der Waals surface area (Å²) in [6.07, 6.45) is 8.97. The first-order valence-electron chi connectivity index (χ1n) is 5.79. The SMILES string of the molecule is c1coc(C[NH2+]CC2CCCCC2)c1. The molecule has 0 spiro atoms. The predicted octanol–water partition coefficient (Wildman–Crippen LogP) is 1.92. The molecule has 1 aliphatic carbocycles. The first-order valence-corrected chi connectivity index (χ1v) is 5.79. The van der Waals surface area contributed by atoms with Gasteiger partial charge in [0, 0.05) is 5.92 Å². The van der Waals surface area contributed by atoms with Gasteiger partial charge >= 0.3 is 0 Å². The average molecular weight is 194 g/mol. The van der Waals surface area contributed by atoms with Crippen molar-refractivity contribution in [3.63, 3.8) is 0 Å². The van der Waals surface area contributed by atoms with E-state index in [1.54, 1.807) is 6.26 Å². The lowest BCUT2D eigenvalue weighted by molar-refractivity contribution is -0.678. The van der Waals surface area contributed by atoms with Gasteiger partial charge in [-0.2, -0.15) is 0 Å². The van der Waals surface area contributed by atoms with Gasteiger partial charge in [-0.15, -0.1) is 0 Å². The summed E-state index contributed by atoms with van der Waals surface area (Å²) in [5, 5.41) is 2.38. The molecule has 0 aliphatic heterocycles. The molecule has 0 amide bonds. The zero-order valence-electron chi connectivity index (χ0n) is 8.74. The number of hydrogen-bond donors (Lipinski definition) is 1. The minimum atomic E-state index is 0.957. The van der Waals surface area contributed by atoms with E-state index in [-0.39, 0.29) is 0 Å². The van der Waals surface area contributed by atoms with E-state index in [0.717, 1.165) is 18.2 Å². The summed E-state index contributed by atoms with van der Waals surface area (Å²) in [5.41, 5.74) is 0. The van der Waals surface area contributed by atoms with Crippen LogP contribution in [0.4, 0.5) is 0 Å². The van der Waals surface area contributed by atoms with E-state index in [1.807, 2.05) is 6.07 Å². The topological polar surface area (TPSA) is 29.8 Å². The fraction of sp³-hybridized carbons (Fsp3) is 0.667. The second-order valence-corrected chi connectivity index (χ2v) is 4.31. The number of nitrogens with two attached hydrogens (primary N) is 1. The molecule has 0 saturated heterocycles. The Bertz CT molecular complexity index is 237. The Balaban J connectivity index is 1.62. The molecule has 2 rings (SSSR count). The van der Waals surface area contributed by atoms with Crippen LogP contribution in [0.1, 0.15) is 37.9 Å². The van der Waals surface area contributed by atoms with E-state index in [1.165, 1.54) is 38.6 Å². The molecule has 2 N–H and O–H groups in total. The Hall–Kier alpha value is -0.760. The van der Waals surface area contributed by atoms with Crippen molar-refractivity contribution in [1.82, 2.24) is 0 Å². The van der Waals surface area contributed by atoms with Gasteiger partial charge in [-0.25, -0.2) is 0 Å². The molecule has 1 aromatic rings. The fourth-order valence-electron chi connectivity index (χ4n) is 2.31. The van der Waals surface area contributed by atoms with Crippen molar-refractivity contribution in [3.8, 4) is 0 Å². The van der Waals surface area contributed by atoms with Crippen molar-refractivity contribution in [3.05, 3.63) is 24.2 Å². The van der Waals surface area contributed by atoms with Gasteiger partial charge in [-0.3, -0.25) is 0 Å². The monoisotopic (exact) mass is 194 g/mol. The lowest BCUT2D eigenvalue weighted by atomic mass is 9.89. The molecule has 1 heterocycles. The Kier molecular flexibility index (Phi) is 3.64. The molecule has 1 aliphatic rings. The van der Waals surface area contributed by atoms with Crippen LogP contribution >= 0.6 is 0 Å². The summed E-state index contributed by atoms with van der Waals surface area (Å²) in [4.78, 5) is 0. The molecule has 1 fully saturated rings. The van der Waals surface area contributed by atoms with E-state index >= 15 is 0 Å². The van der Waals surface area contributed by atoms with E-state index in [9.17, 15) is 0 Å². The van der Waals surface area contributed by atoms with Crippen molar-refractivity contribution in [1.29, 1.82) is 0 Å². The number of quaternary nitrogens is 1. The largest absolute Gasteiger partial charge is 0.463 e. The van der Waals surface area contributed by atoms with Crippen molar-refractivity contribution in [2.24, 2.45) is 5.92 Å². The maximum absolute atomic E-state index is 5.29. The molecule has 1 aromatic heterocycles. The first kappa shape index (κ1) is 9.78. The quantitative estimate of drug-likeness (QED) is 0.779. The number of hydrogen-bond acceptors (Lipinski definition) is 1. The highest BCUT2D eigenvalue weighted by Crippen LogP contribution is 2.21. The number of furan rings is 1. The zero-order valence-corrected chi connectivity index (χ0v) is 8.74. The van der Waals surface area contributed by atoms with Gasteiger partial charge in [0.15, 0.2) is 5.76 Å². The van der Waals surface area contributed by atoms with E-state index < -0.39 is 0 Å². The molecule has 0 aromatic carbocycles. The number of rotatable bonds is 4. The molecule has 0 bridgehead atoms. The van der Waals surface area contributed by atoms with E-state index in [2.05, 4.69) is 11.4 Å². The Morgan fingerprint density at radius 1 is 1.29 bits per heavy atom. The van der Waals surface area contributed by atoms with Crippen molar-refractivity contribution >= 4 is 0 Å². The Morgan fingerprint density at radius 3 is 2.86 bits per heavy atom. The predicted molar refractivity (Wildman–Crippen MR) is 55.8 cm³/mol. The van der Waals surface area contributed by atoms with Crippen LogP contribution in [0.25, 0.3) is 0 Å². The first-order chi connectivity index (χ1) is 6.95. The Labute approximate surface area is 85.7 Å². The minimum Gasteiger partial charge on any atom is -0.463 e. The highest BCUT2D eigenvalue weighted by molar-refractivity contribution is 4.95. The van der Waals surface area contributed by atoms with Crippen LogP contribution in [0.15, 0.2) is 22.8 Å². The van der Waals surface area contributed by atoms with Crippen LogP contribution in [-0.4, -0.2) is 6.54 Å². The van der Waals surface area contributed by atoms with Crippen LogP contribution in [0.2, 0.25) is 0 Å². The summed E-state index contributed by atoms with van der Waals surface area (Å²) in [7, 11) is 0. The molecular weight excluding hydrogens is 174 g/mol. The molecular formula is C12H20NO+. The highest BCUT2D eigenvalue weighted by Gasteiger charge is 2.14. The van der Waals surface area contributed by atoms with Gasteiger partial charge < -0.3 is 9.73 Å². The normalized spacial score (nSPS) is 18.6. The van der Waals surface area contributed by atoms with Crippen LogP contribution < -0.4 is 5.32 Å². The molecule has 0 radical (unpaired) electrons. The average Bonchev–Trinajstić information content (AvgIpc) is 2.72. The maximum Gasteiger partial charge on any atom is 0.157 e. The summed E-state index contributed by atoms with van der Waals surface area (Å²) in [6, 6.07) is 4.02. The van der Waals surface area contributed by atoms with Gasteiger partial charge in [0.1, 0.15) is 6.54 Å². The van der Waals surface area contributed by atoms with E-state index in [4.69, 9.17) is 4.42 Å². The summed E-state index contributed by atoms with van der Waals surface area (Å²) < 4.78 is 5.29. The van der Waals surface area contributed by atoms with Crippen LogP contribution in [-0.2, 0) is 6.54 Å². The van der Waals surface area contributed by atoms with Crippen molar-refractivity contribution in [2.75, 3.05) is 6.54 Å². The van der Waals surface area contributed by atoms with Gasteiger partial charge in [0.25, 0.3) is 0 Å². The second-order valence-electron chi connectivity index (χ2n) is 4.31. The van der Waals surface area contributed by atoms with Crippen LogP contribution in [0, 0.1) is 5.92 Å². The summed E-state index contributed by atoms with van der Waals surface area (Å²) in [5.74, 6) is 2.06. The van der Waals surface area contributed by atoms with Crippen molar-refractivity contribution in [2.45, 2.75) is 38.6 Å². The summed E-state index contributed by atoms with van der Waals surface area (Å²) >= 11 is 0. The van der Waals surface area contributed by atoms with Gasteiger partial charge in [-0.1, -0.05) is 19.3 Å². The van der Waals surface area contributed by atoms with Gasteiger partial charge in [-0.05, 0) is 25.0 Å². The molecule has 0 atom stereocenters. The third-order valence-corrected chi connectivity index (χ3v) is 3.15. The van der Waals surface area contributed by atoms with Crippen molar-refractivity contribution < 1.29 is 9.73 Å². The molecule has 1 saturated carbocycles. The lowest BCUT2D eigenvalue weighted by Crippen LogP contribution is -2.84. The zero-order chi connectivity index (χ0) is 9.64. The molecule has 14 heavy (non-hydrogen) atoms. The standard InChI is InChI=1S/C12H19NO/c1-2-5-11(6-3-1)9-13-10-12-7-4-8-14-12/h4,7-8,11,13H,1-3,5-6,9-10H2/p+1. The molecule has 78 valence electrons. The van der Waals surface area contributed by atoms with Crippen LogP contribution in [0.5, 0.6) is 0 Å². The van der Waals surface area contributed by atoms with Gasteiger partial charge in [0.05, 0.1) is 12.8 Å². The molecule has 0 unspecified atom stereocenters. The molecule has 2 nitrogen and oxygen atoms in total. The van der Waals surface area contributed by atoms with Crippen LogP contribution in [0.3, 0.4) is 0 Å². The third kappa shape index (κ3) is 2.88. The maximum atomic E-state index is 5.29. The summed E-state index contributed by atoms with van der Waals surface area (Å²) in [6.45, 7) is 2.28. The Morgan fingerprint density at radius 2 is 2.14 bits per heavy atom. The second kappa shape index (κ2) is 5.20. The van der Waals surface area contributed by atoms with Gasteiger partial charge in [0.2, 0.25) is 0 Å². The highest BCUT2D eigenvalue weighted by atomic mass is 16.3. The minimum absolute atomic E-state index is 0.957. The molecule has 2 heteroatoms.